The molecule has 2 aliphatic heterocycles. The standard InChI is InChI=1S/C25H41N5.HI/c1-2-26-25(28-22-14-17-29(18-15-22)23-11-6-7-12-23)27-19-24-13-8-16-30(24)20-21-9-4-3-5-10-21;/h3-5,9-10,22-24H,2,6-8,11-20H2,1H3,(H2,26,27,28);1H. The van der Waals surface area contributed by atoms with Crippen molar-refractivity contribution >= 4 is 29.9 Å². The fourth-order valence-corrected chi connectivity index (χ4v) is 5.52. The van der Waals surface area contributed by atoms with E-state index in [0.29, 0.717) is 12.1 Å². The quantitative estimate of drug-likeness (QED) is 0.309. The fourth-order valence-electron chi connectivity index (χ4n) is 5.52. The maximum atomic E-state index is 5.02. The first kappa shape index (κ1) is 24.8. The molecular weight excluding hydrogens is 497 g/mol. The van der Waals surface area contributed by atoms with Crippen molar-refractivity contribution in [1.29, 1.82) is 0 Å². The lowest BCUT2D eigenvalue weighted by Crippen LogP contribution is -2.50. The molecule has 0 aromatic heterocycles. The minimum atomic E-state index is 0. The maximum absolute atomic E-state index is 5.02. The van der Waals surface area contributed by atoms with Gasteiger partial charge in [-0.25, -0.2) is 0 Å². The average Bonchev–Trinajstić information content (AvgIpc) is 3.46. The summed E-state index contributed by atoms with van der Waals surface area (Å²) < 4.78 is 0. The van der Waals surface area contributed by atoms with Gasteiger partial charge in [-0.2, -0.15) is 0 Å². The van der Waals surface area contributed by atoms with Crippen molar-refractivity contribution in [2.45, 2.75) is 83.0 Å². The van der Waals surface area contributed by atoms with Gasteiger partial charge in [-0.1, -0.05) is 43.2 Å². The molecule has 2 saturated heterocycles. The van der Waals surface area contributed by atoms with Crippen LogP contribution in [0.15, 0.2) is 35.3 Å². The number of aliphatic imine (C=N–C) groups is 1. The number of hydrogen-bond donors (Lipinski definition) is 2. The highest BCUT2D eigenvalue weighted by molar-refractivity contribution is 14.0. The number of rotatable bonds is 7. The minimum Gasteiger partial charge on any atom is -0.357 e. The Morgan fingerprint density at radius 2 is 1.71 bits per heavy atom. The largest absolute Gasteiger partial charge is 0.357 e. The van der Waals surface area contributed by atoms with Crippen molar-refractivity contribution in [3.63, 3.8) is 0 Å². The molecule has 174 valence electrons. The molecule has 1 atom stereocenters. The van der Waals surface area contributed by atoms with Gasteiger partial charge in [0.05, 0.1) is 6.54 Å². The minimum absolute atomic E-state index is 0. The predicted octanol–water partition coefficient (Wildman–Crippen LogP) is 4.23. The number of hydrogen-bond acceptors (Lipinski definition) is 3. The normalized spacial score (nSPS) is 24.3. The number of piperidine rings is 1. The molecule has 3 fully saturated rings. The van der Waals surface area contributed by atoms with Crippen LogP contribution in [0.5, 0.6) is 0 Å². The van der Waals surface area contributed by atoms with Crippen LogP contribution in [0.2, 0.25) is 0 Å². The number of likely N-dealkylation sites (tertiary alicyclic amines) is 2. The van der Waals surface area contributed by atoms with Gasteiger partial charge in [0, 0.05) is 44.3 Å². The lowest BCUT2D eigenvalue weighted by atomic mass is 10.0. The molecule has 3 aliphatic rings. The van der Waals surface area contributed by atoms with Crippen molar-refractivity contribution in [2.24, 2.45) is 4.99 Å². The summed E-state index contributed by atoms with van der Waals surface area (Å²) in [5, 5.41) is 7.24. The molecule has 1 aliphatic carbocycles. The summed E-state index contributed by atoms with van der Waals surface area (Å²) in [6.07, 6.45) is 10.7. The first-order valence-electron chi connectivity index (χ1n) is 12.4. The monoisotopic (exact) mass is 539 g/mol. The molecule has 1 unspecified atom stereocenters. The van der Waals surface area contributed by atoms with Crippen LogP contribution >= 0.6 is 24.0 Å². The molecule has 5 nitrogen and oxygen atoms in total. The van der Waals surface area contributed by atoms with Crippen LogP contribution in [0.3, 0.4) is 0 Å². The second kappa shape index (κ2) is 13.0. The average molecular weight is 540 g/mol. The van der Waals surface area contributed by atoms with Gasteiger partial charge < -0.3 is 15.5 Å². The van der Waals surface area contributed by atoms with Crippen LogP contribution in [0.25, 0.3) is 0 Å². The van der Waals surface area contributed by atoms with Crippen LogP contribution in [0.1, 0.15) is 63.9 Å². The molecule has 1 aromatic rings. The van der Waals surface area contributed by atoms with Crippen molar-refractivity contribution in [2.75, 3.05) is 32.7 Å². The Morgan fingerprint density at radius 1 is 0.968 bits per heavy atom. The summed E-state index contributed by atoms with van der Waals surface area (Å²) in [6.45, 7) is 8.71. The second-order valence-electron chi connectivity index (χ2n) is 9.36. The highest BCUT2D eigenvalue weighted by Crippen LogP contribution is 2.26. The van der Waals surface area contributed by atoms with E-state index >= 15 is 0 Å². The molecule has 0 spiro atoms. The maximum Gasteiger partial charge on any atom is 0.191 e. The Kier molecular flexibility index (Phi) is 10.4. The highest BCUT2D eigenvalue weighted by atomic mass is 127. The van der Waals surface area contributed by atoms with Crippen LogP contribution in [0.4, 0.5) is 0 Å². The van der Waals surface area contributed by atoms with E-state index in [1.54, 1.807) is 0 Å². The lowest BCUT2D eigenvalue weighted by Gasteiger charge is -2.36. The Labute approximate surface area is 206 Å². The topological polar surface area (TPSA) is 42.9 Å². The van der Waals surface area contributed by atoms with Gasteiger partial charge in [0.2, 0.25) is 0 Å². The predicted molar refractivity (Wildman–Crippen MR) is 141 cm³/mol. The number of nitrogens with zero attached hydrogens (tertiary/aromatic N) is 3. The van der Waals surface area contributed by atoms with Crippen molar-refractivity contribution in [3.05, 3.63) is 35.9 Å². The van der Waals surface area contributed by atoms with E-state index in [0.717, 1.165) is 31.6 Å². The van der Waals surface area contributed by atoms with Gasteiger partial charge in [-0.3, -0.25) is 9.89 Å². The molecule has 4 rings (SSSR count). The molecule has 31 heavy (non-hydrogen) atoms. The third-order valence-corrected chi connectivity index (χ3v) is 7.24. The van der Waals surface area contributed by atoms with E-state index in [1.807, 2.05) is 0 Å². The SMILES string of the molecule is CCNC(=NCC1CCCN1Cc1ccccc1)NC1CCN(C2CCCC2)CC1.I. The lowest BCUT2D eigenvalue weighted by molar-refractivity contribution is 0.150. The van der Waals surface area contributed by atoms with Crippen LogP contribution in [-0.4, -0.2) is 66.6 Å². The van der Waals surface area contributed by atoms with Crippen LogP contribution in [-0.2, 0) is 6.54 Å². The van der Waals surface area contributed by atoms with E-state index in [4.69, 9.17) is 4.99 Å². The first-order chi connectivity index (χ1) is 14.8. The zero-order valence-electron chi connectivity index (χ0n) is 19.3. The van der Waals surface area contributed by atoms with Crippen LogP contribution in [0, 0.1) is 0 Å². The molecule has 2 N–H and O–H groups in total. The molecule has 1 saturated carbocycles. The summed E-state index contributed by atoms with van der Waals surface area (Å²) in [5.41, 5.74) is 1.41. The fraction of sp³-hybridized carbons (Fsp3) is 0.720. The molecule has 0 amide bonds. The van der Waals surface area contributed by atoms with E-state index in [9.17, 15) is 0 Å². The number of nitrogens with one attached hydrogen (secondary N) is 2. The highest BCUT2D eigenvalue weighted by Gasteiger charge is 2.28. The third-order valence-electron chi connectivity index (χ3n) is 7.24. The Balaban J connectivity index is 0.00000272. The van der Waals surface area contributed by atoms with E-state index in [2.05, 4.69) is 57.7 Å². The van der Waals surface area contributed by atoms with Gasteiger partial charge in [0.1, 0.15) is 0 Å². The van der Waals surface area contributed by atoms with Crippen molar-refractivity contribution in [1.82, 2.24) is 20.4 Å². The molecule has 2 heterocycles. The summed E-state index contributed by atoms with van der Waals surface area (Å²) in [7, 11) is 0. The first-order valence-corrected chi connectivity index (χ1v) is 12.4. The third kappa shape index (κ3) is 7.32. The van der Waals surface area contributed by atoms with Crippen molar-refractivity contribution < 1.29 is 0 Å². The van der Waals surface area contributed by atoms with E-state index < -0.39 is 0 Å². The van der Waals surface area contributed by atoms with Crippen molar-refractivity contribution in [3.8, 4) is 0 Å². The van der Waals surface area contributed by atoms with Crippen LogP contribution < -0.4 is 10.6 Å². The Morgan fingerprint density at radius 3 is 2.42 bits per heavy atom. The molecule has 6 heteroatoms. The van der Waals surface area contributed by atoms with Gasteiger partial charge >= 0.3 is 0 Å². The zero-order chi connectivity index (χ0) is 20.6. The zero-order valence-corrected chi connectivity index (χ0v) is 21.6. The Hall–Kier alpha value is -0.860. The number of benzene rings is 1. The van der Waals surface area contributed by atoms with E-state index in [-0.39, 0.29) is 24.0 Å². The summed E-state index contributed by atoms with van der Waals surface area (Å²) in [5.74, 6) is 1.02. The number of guanidine groups is 1. The molecule has 1 aromatic carbocycles. The second-order valence-corrected chi connectivity index (χ2v) is 9.36. The van der Waals surface area contributed by atoms with Gasteiger partial charge in [-0.15, -0.1) is 24.0 Å². The number of halogens is 1. The van der Waals surface area contributed by atoms with Gasteiger partial charge in [-0.05, 0) is 57.6 Å². The van der Waals surface area contributed by atoms with Gasteiger partial charge in [0.15, 0.2) is 5.96 Å². The molecule has 0 bridgehead atoms. The molecule has 0 radical (unpaired) electrons. The summed E-state index contributed by atoms with van der Waals surface area (Å²) in [4.78, 5) is 10.4. The summed E-state index contributed by atoms with van der Waals surface area (Å²) >= 11 is 0. The smallest absolute Gasteiger partial charge is 0.191 e. The van der Waals surface area contributed by atoms with E-state index in [1.165, 1.54) is 76.6 Å². The van der Waals surface area contributed by atoms with Gasteiger partial charge in [0.25, 0.3) is 0 Å². The Bertz CT molecular complexity index is 653. The molecular formula is C25H42IN5. The summed E-state index contributed by atoms with van der Waals surface area (Å²) in [6, 6.07) is 12.8.